The number of rotatable bonds is 4. The molecule has 3 saturated carbocycles. The lowest BCUT2D eigenvalue weighted by atomic mass is 9.79. The summed E-state index contributed by atoms with van der Waals surface area (Å²) in [5.41, 5.74) is 0. The Morgan fingerprint density at radius 1 is 1.05 bits per heavy atom. The Kier molecular flexibility index (Phi) is 3.95. The van der Waals surface area contributed by atoms with Crippen LogP contribution in [0, 0.1) is 23.7 Å². The van der Waals surface area contributed by atoms with Gasteiger partial charge in [-0.05, 0) is 56.3 Å². The molecule has 0 amide bonds. The number of Topliss-reactive ketones (excluding diaryl/α,β-unsaturated/α-hetero) is 1. The highest BCUT2D eigenvalue weighted by molar-refractivity contribution is 7.91. The van der Waals surface area contributed by atoms with E-state index in [-0.39, 0.29) is 11.2 Å². The van der Waals surface area contributed by atoms with Gasteiger partial charge in [0.15, 0.2) is 0 Å². The molecule has 20 heavy (non-hydrogen) atoms. The lowest BCUT2D eigenvalue weighted by Gasteiger charge is -2.29. The Morgan fingerprint density at radius 2 is 1.85 bits per heavy atom. The number of carbonyl (C=O) groups is 1. The van der Waals surface area contributed by atoms with Gasteiger partial charge in [0.1, 0.15) is 15.6 Å². The molecule has 5 atom stereocenters. The molecule has 4 heteroatoms. The van der Waals surface area contributed by atoms with E-state index in [1.165, 1.54) is 31.9 Å². The number of ketones is 1. The molecule has 3 aliphatic carbocycles. The average Bonchev–Trinajstić information content (AvgIpc) is 3.00. The fourth-order valence-corrected chi connectivity index (χ4v) is 6.05. The Morgan fingerprint density at radius 3 is 2.45 bits per heavy atom. The SMILES string of the molecule is CS(=O)(=O)C1CCCC(C(=O)CC2CC3CCC2C3)C1. The minimum absolute atomic E-state index is 0.0163. The predicted molar refractivity (Wildman–Crippen MR) is 79.2 cm³/mol. The first kappa shape index (κ1) is 14.6. The van der Waals surface area contributed by atoms with E-state index in [2.05, 4.69) is 0 Å². The third-order valence-electron chi connectivity index (χ3n) is 6.03. The van der Waals surface area contributed by atoms with Crippen molar-refractivity contribution in [3.8, 4) is 0 Å². The summed E-state index contributed by atoms with van der Waals surface area (Å²) in [5, 5.41) is -0.273. The van der Waals surface area contributed by atoms with Crippen molar-refractivity contribution >= 4 is 15.6 Å². The first-order chi connectivity index (χ1) is 9.43. The molecule has 5 unspecified atom stereocenters. The van der Waals surface area contributed by atoms with Gasteiger partial charge >= 0.3 is 0 Å². The molecule has 3 fully saturated rings. The zero-order valence-electron chi connectivity index (χ0n) is 12.4. The molecule has 0 heterocycles. The molecule has 0 spiro atoms. The topological polar surface area (TPSA) is 51.2 Å². The summed E-state index contributed by atoms with van der Waals surface area (Å²) in [4.78, 5) is 12.5. The minimum Gasteiger partial charge on any atom is -0.299 e. The number of hydrogen-bond donors (Lipinski definition) is 0. The van der Waals surface area contributed by atoms with Crippen molar-refractivity contribution in [2.24, 2.45) is 23.7 Å². The summed E-state index contributed by atoms with van der Waals surface area (Å²) in [6, 6.07) is 0. The first-order valence-corrected chi connectivity index (χ1v) is 10.1. The van der Waals surface area contributed by atoms with Gasteiger partial charge in [0.2, 0.25) is 0 Å². The average molecular weight is 298 g/mol. The molecule has 0 aromatic rings. The lowest BCUT2D eigenvalue weighted by Crippen LogP contribution is -2.32. The quantitative estimate of drug-likeness (QED) is 0.801. The predicted octanol–water partition coefficient (Wildman–Crippen LogP) is 2.99. The van der Waals surface area contributed by atoms with Gasteiger partial charge < -0.3 is 0 Å². The monoisotopic (exact) mass is 298 g/mol. The van der Waals surface area contributed by atoms with Crippen LogP contribution in [0.25, 0.3) is 0 Å². The molecule has 2 bridgehead atoms. The van der Waals surface area contributed by atoms with Gasteiger partial charge in [-0.25, -0.2) is 8.42 Å². The van der Waals surface area contributed by atoms with Crippen LogP contribution >= 0.6 is 0 Å². The van der Waals surface area contributed by atoms with Crippen molar-refractivity contribution in [3.05, 3.63) is 0 Å². The maximum absolute atomic E-state index is 12.5. The first-order valence-electron chi connectivity index (χ1n) is 8.15. The molecule has 3 rings (SSSR count). The molecular formula is C16H26O3S. The second-order valence-corrected chi connectivity index (χ2v) is 9.75. The van der Waals surface area contributed by atoms with Gasteiger partial charge in [-0.3, -0.25) is 4.79 Å². The molecule has 3 nitrogen and oxygen atoms in total. The van der Waals surface area contributed by atoms with Gasteiger partial charge in [-0.2, -0.15) is 0 Å². The van der Waals surface area contributed by atoms with Crippen LogP contribution in [-0.2, 0) is 14.6 Å². The van der Waals surface area contributed by atoms with Crippen LogP contribution in [0.2, 0.25) is 0 Å². The van der Waals surface area contributed by atoms with Crippen LogP contribution in [0.4, 0.5) is 0 Å². The van der Waals surface area contributed by atoms with Crippen LogP contribution in [0.3, 0.4) is 0 Å². The highest BCUT2D eigenvalue weighted by Crippen LogP contribution is 2.50. The molecule has 0 aliphatic heterocycles. The van der Waals surface area contributed by atoms with E-state index in [0.717, 1.165) is 37.5 Å². The number of sulfone groups is 1. The largest absolute Gasteiger partial charge is 0.299 e. The van der Waals surface area contributed by atoms with Crippen LogP contribution in [-0.4, -0.2) is 25.7 Å². The van der Waals surface area contributed by atoms with E-state index in [9.17, 15) is 13.2 Å². The van der Waals surface area contributed by atoms with Crippen LogP contribution in [0.15, 0.2) is 0 Å². The molecule has 3 aliphatic rings. The zero-order chi connectivity index (χ0) is 14.3. The van der Waals surface area contributed by atoms with E-state index >= 15 is 0 Å². The highest BCUT2D eigenvalue weighted by atomic mass is 32.2. The van der Waals surface area contributed by atoms with Crippen molar-refractivity contribution in [3.63, 3.8) is 0 Å². The summed E-state index contributed by atoms with van der Waals surface area (Å²) in [6.45, 7) is 0. The summed E-state index contributed by atoms with van der Waals surface area (Å²) >= 11 is 0. The number of hydrogen-bond acceptors (Lipinski definition) is 3. The van der Waals surface area contributed by atoms with Crippen molar-refractivity contribution in [1.29, 1.82) is 0 Å². The van der Waals surface area contributed by atoms with Gasteiger partial charge in [-0.15, -0.1) is 0 Å². The van der Waals surface area contributed by atoms with E-state index in [1.807, 2.05) is 0 Å². The third kappa shape index (κ3) is 2.95. The Balaban J connectivity index is 1.57. The zero-order valence-corrected chi connectivity index (χ0v) is 13.2. The van der Waals surface area contributed by atoms with Crippen molar-refractivity contribution in [2.75, 3.05) is 6.26 Å². The molecular weight excluding hydrogens is 272 g/mol. The van der Waals surface area contributed by atoms with Crippen LogP contribution in [0.5, 0.6) is 0 Å². The van der Waals surface area contributed by atoms with Gasteiger partial charge in [0.25, 0.3) is 0 Å². The van der Waals surface area contributed by atoms with E-state index in [0.29, 0.717) is 18.1 Å². The molecule has 0 aromatic heterocycles. The maximum Gasteiger partial charge on any atom is 0.150 e. The molecule has 0 N–H and O–H groups in total. The second-order valence-electron chi connectivity index (χ2n) is 7.42. The lowest BCUT2D eigenvalue weighted by molar-refractivity contribution is -0.125. The molecule has 0 saturated heterocycles. The number of fused-ring (bicyclic) bond motifs is 2. The summed E-state index contributed by atoms with van der Waals surface area (Å²) in [5.74, 6) is 2.66. The highest BCUT2D eigenvalue weighted by Gasteiger charge is 2.41. The van der Waals surface area contributed by atoms with E-state index < -0.39 is 9.84 Å². The maximum atomic E-state index is 12.5. The van der Waals surface area contributed by atoms with E-state index in [1.54, 1.807) is 0 Å². The fourth-order valence-electron chi connectivity index (χ4n) is 4.88. The van der Waals surface area contributed by atoms with E-state index in [4.69, 9.17) is 0 Å². The number of carbonyl (C=O) groups excluding carboxylic acids is 1. The van der Waals surface area contributed by atoms with Gasteiger partial charge in [0.05, 0.1) is 5.25 Å². The minimum atomic E-state index is -2.98. The summed E-state index contributed by atoms with van der Waals surface area (Å²) < 4.78 is 23.4. The third-order valence-corrected chi connectivity index (χ3v) is 7.67. The van der Waals surface area contributed by atoms with Crippen molar-refractivity contribution in [1.82, 2.24) is 0 Å². The summed E-state index contributed by atoms with van der Waals surface area (Å²) in [7, 11) is -2.98. The normalized spacial score (nSPS) is 41.0. The molecule has 0 aromatic carbocycles. The Labute approximate surface area is 122 Å². The second kappa shape index (κ2) is 5.43. The van der Waals surface area contributed by atoms with Crippen LogP contribution in [0.1, 0.15) is 57.8 Å². The van der Waals surface area contributed by atoms with Crippen molar-refractivity contribution in [2.45, 2.75) is 63.0 Å². The van der Waals surface area contributed by atoms with Crippen LogP contribution < -0.4 is 0 Å². The standard InChI is InChI=1S/C16H26O3S/c1-20(18,19)15-4-2-3-13(9-15)16(17)10-14-8-11-5-6-12(14)7-11/h11-15H,2-10H2,1H3. The van der Waals surface area contributed by atoms with Gasteiger partial charge in [-0.1, -0.05) is 12.8 Å². The van der Waals surface area contributed by atoms with Gasteiger partial charge in [0, 0.05) is 18.6 Å². The Bertz CT molecular complexity index is 482. The fraction of sp³-hybridized carbons (Fsp3) is 0.938. The Hall–Kier alpha value is -0.380. The summed E-state index contributed by atoms with van der Waals surface area (Å²) in [6.07, 6.45) is 10.5. The molecule has 0 radical (unpaired) electrons. The van der Waals surface area contributed by atoms with Crippen molar-refractivity contribution < 1.29 is 13.2 Å². The molecule has 114 valence electrons. The smallest absolute Gasteiger partial charge is 0.150 e.